The highest BCUT2D eigenvalue weighted by atomic mass is 32.2. The van der Waals surface area contributed by atoms with Gasteiger partial charge in [0.15, 0.2) is 16.8 Å². The number of sulfonamides is 1. The van der Waals surface area contributed by atoms with Crippen LogP contribution in [0.15, 0.2) is 53.7 Å². The van der Waals surface area contributed by atoms with Crippen LogP contribution in [0.25, 0.3) is 11.4 Å². The van der Waals surface area contributed by atoms with Crippen LogP contribution in [0.1, 0.15) is 50.5 Å². The normalized spacial score (nSPS) is 13.0. The Hall–Kier alpha value is -2.65. The van der Waals surface area contributed by atoms with E-state index in [4.69, 9.17) is 0 Å². The van der Waals surface area contributed by atoms with Crippen molar-refractivity contribution in [3.63, 3.8) is 0 Å². The number of carbonyl (C=O) groups is 1. The molecule has 1 atom stereocenters. The van der Waals surface area contributed by atoms with E-state index < -0.39 is 10.0 Å². The maximum absolute atomic E-state index is 12.9. The van der Waals surface area contributed by atoms with E-state index in [0.29, 0.717) is 23.0 Å². The first-order chi connectivity index (χ1) is 15.4. The average molecular weight is 487 g/mol. The van der Waals surface area contributed by atoms with Crippen molar-refractivity contribution in [3.05, 3.63) is 59.7 Å². The van der Waals surface area contributed by atoms with Crippen LogP contribution in [0.5, 0.6) is 0 Å². The standard InChI is InChI=1S/C24H30N4O3S2/c1-7-28-22(18-8-12-19(13-9-18)24(3,4)5)25-26-23(28)32-16(2)21(29)17-10-14-20(15-11-17)27-33(6,30)31/h8-16,27H,7H2,1-6H3. The molecule has 0 aliphatic rings. The van der Waals surface area contributed by atoms with Crippen LogP contribution >= 0.6 is 11.8 Å². The van der Waals surface area contributed by atoms with Crippen molar-refractivity contribution in [3.8, 4) is 11.4 Å². The number of hydrogen-bond donors (Lipinski definition) is 1. The van der Waals surface area contributed by atoms with Crippen molar-refractivity contribution in [2.75, 3.05) is 11.0 Å². The number of benzene rings is 2. The van der Waals surface area contributed by atoms with E-state index >= 15 is 0 Å². The van der Waals surface area contributed by atoms with Crippen molar-refractivity contribution in [1.82, 2.24) is 14.8 Å². The fraction of sp³-hybridized carbons (Fsp3) is 0.375. The second-order valence-corrected chi connectivity index (χ2v) is 12.0. The smallest absolute Gasteiger partial charge is 0.229 e. The van der Waals surface area contributed by atoms with Gasteiger partial charge in [0.05, 0.1) is 11.5 Å². The molecule has 0 saturated carbocycles. The third kappa shape index (κ3) is 6.23. The van der Waals surface area contributed by atoms with Crippen LogP contribution in [0.3, 0.4) is 0 Å². The number of nitrogens with one attached hydrogen (secondary N) is 1. The first kappa shape index (κ1) is 25.0. The second kappa shape index (κ2) is 9.69. The monoisotopic (exact) mass is 486 g/mol. The Bertz CT molecular complexity index is 1230. The number of carbonyl (C=O) groups excluding carboxylic acids is 1. The van der Waals surface area contributed by atoms with Gasteiger partial charge in [0.25, 0.3) is 0 Å². The maximum Gasteiger partial charge on any atom is 0.229 e. The number of anilines is 1. The lowest BCUT2D eigenvalue weighted by Crippen LogP contribution is -2.15. The molecule has 2 aromatic carbocycles. The molecule has 7 nitrogen and oxygen atoms in total. The Morgan fingerprint density at radius 1 is 1.06 bits per heavy atom. The number of thioether (sulfide) groups is 1. The van der Waals surface area contributed by atoms with E-state index in [1.807, 2.05) is 18.4 Å². The summed E-state index contributed by atoms with van der Waals surface area (Å²) in [5, 5.41) is 9.05. The SMILES string of the molecule is CCn1c(SC(C)C(=O)c2ccc(NS(C)(=O)=O)cc2)nnc1-c1ccc(C(C)(C)C)cc1. The Morgan fingerprint density at radius 3 is 2.18 bits per heavy atom. The minimum absolute atomic E-state index is 0.0624. The summed E-state index contributed by atoms with van der Waals surface area (Å²) >= 11 is 1.36. The third-order valence-corrected chi connectivity index (χ3v) is 6.85. The van der Waals surface area contributed by atoms with Gasteiger partial charge >= 0.3 is 0 Å². The van der Waals surface area contributed by atoms with Gasteiger partial charge in [-0.3, -0.25) is 9.52 Å². The second-order valence-electron chi connectivity index (χ2n) is 8.95. The number of aromatic nitrogens is 3. The highest BCUT2D eigenvalue weighted by Gasteiger charge is 2.22. The number of hydrogen-bond acceptors (Lipinski definition) is 6. The predicted molar refractivity (Wildman–Crippen MR) is 134 cm³/mol. The van der Waals surface area contributed by atoms with Crippen LogP contribution in [-0.4, -0.2) is 40.5 Å². The van der Waals surface area contributed by atoms with Crippen molar-refractivity contribution in [1.29, 1.82) is 0 Å². The lowest BCUT2D eigenvalue weighted by atomic mass is 9.87. The van der Waals surface area contributed by atoms with Gasteiger partial charge in [-0.25, -0.2) is 8.42 Å². The maximum atomic E-state index is 12.9. The van der Waals surface area contributed by atoms with Gasteiger partial charge in [-0.15, -0.1) is 10.2 Å². The van der Waals surface area contributed by atoms with Gasteiger partial charge in [0, 0.05) is 23.4 Å². The Balaban J connectivity index is 1.77. The summed E-state index contributed by atoms with van der Waals surface area (Å²) in [6.07, 6.45) is 1.09. The zero-order chi connectivity index (χ0) is 24.4. The Morgan fingerprint density at radius 2 is 1.67 bits per heavy atom. The number of rotatable bonds is 8. The topological polar surface area (TPSA) is 94.0 Å². The number of nitrogens with zero attached hydrogens (tertiary/aromatic N) is 3. The summed E-state index contributed by atoms with van der Waals surface area (Å²) in [7, 11) is -3.36. The van der Waals surface area contributed by atoms with Crippen LogP contribution in [0.2, 0.25) is 0 Å². The first-order valence-electron chi connectivity index (χ1n) is 10.7. The Kier molecular flexibility index (Phi) is 7.33. The zero-order valence-corrected chi connectivity index (χ0v) is 21.4. The van der Waals surface area contributed by atoms with E-state index in [1.165, 1.54) is 17.3 Å². The van der Waals surface area contributed by atoms with Crippen molar-refractivity contribution in [2.24, 2.45) is 0 Å². The van der Waals surface area contributed by atoms with E-state index in [1.54, 1.807) is 24.3 Å². The Labute approximate surface area is 200 Å². The fourth-order valence-electron chi connectivity index (χ4n) is 3.36. The van der Waals surface area contributed by atoms with Crippen LogP contribution in [0.4, 0.5) is 5.69 Å². The van der Waals surface area contributed by atoms with Crippen LogP contribution < -0.4 is 4.72 Å². The minimum Gasteiger partial charge on any atom is -0.302 e. The van der Waals surface area contributed by atoms with E-state index in [2.05, 4.69) is 60.0 Å². The molecular weight excluding hydrogens is 456 g/mol. The molecule has 3 rings (SSSR count). The molecule has 1 aromatic heterocycles. The molecule has 33 heavy (non-hydrogen) atoms. The minimum atomic E-state index is -3.36. The van der Waals surface area contributed by atoms with Crippen molar-refractivity contribution >= 4 is 33.3 Å². The van der Waals surface area contributed by atoms with Gasteiger partial charge < -0.3 is 4.57 Å². The summed E-state index contributed by atoms with van der Waals surface area (Å²) in [4.78, 5) is 12.9. The van der Waals surface area contributed by atoms with Gasteiger partial charge in [0.1, 0.15) is 0 Å². The number of Topliss-reactive ketones (excluding diaryl/α,β-unsaturated/α-hetero) is 1. The molecule has 0 saturated heterocycles. The first-order valence-corrected chi connectivity index (χ1v) is 13.5. The molecule has 0 radical (unpaired) electrons. The molecule has 0 aliphatic heterocycles. The summed E-state index contributed by atoms with van der Waals surface area (Å²) < 4.78 is 27.1. The molecule has 9 heteroatoms. The third-order valence-electron chi connectivity index (χ3n) is 5.17. The molecule has 0 amide bonds. The lowest BCUT2D eigenvalue weighted by Gasteiger charge is -2.19. The highest BCUT2D eigenvalue weighted by molar-refractivity contribution is 8.00. The summed E-state index contributed by atoms with van der Waals surface area (Å²) in [6, 6.07) is 14.8. The lowest BCUT2D eigenvalue weighted by molar-refractivity contribution is 0.0994. The molecule has 1 unspecified atom stereocenters. The summed E-state index contributed by atoms with van der Waals surface area (Å²) in [6.45, 7) is 11.1. The average Bonchev–Trinajstić information content (AvgIpc) is 3.14. The molecule has 0 bridgehead atoms. The number of ketones is 1. The summed E-state index contributed by atoms with van der Waals surface area (Å²) in [5.74, 6) is 0.712. The van der Waals surface area contributed by atoms with E-state index in [0.717, 1.165) is 17.6 Å². The molecule has 0 spiro atoms. The van der Waals surface area contributed by atoms with E-state index in [9.17, 15) is 13.2 Å². The fourth-order valence-corrected chi connectivity index (χ4v) is 4.91. The highest BCUT2D eigenvalue weighted by Crippen LogP contribution is 2.30. The van der Waals surface area contributed by atoms with Gasteiger partial charge in [-0.1, -0.05) is 56.8 Å². The molecule has 176 valence electrons. The van der Waals surface area contributed by atoms with Crippen LogP contribution in [0, 0.1) is 0 Å². The van der Waals surface area contributed by atoms with Crippen LogP contribution in [-0.2, 0) is 22.0 Å². The molecular formula is C24H30N4O3S2. The summed E-state index contributed by atoms with van der Waals surface area (Å²) in [5.41, 5.74) is 3.24. The predicted octanol–water partition coefficient (Wildman–Crippen LogP) is 5.00. The van der Waals surface area contributed by atoms with E-state index in [-0.39, 0.29) is 16.4 Å². The molecule has 0 fully saturated rings. The van der Waals surface area contributed by atoms with Crippen molar-refractivity contribution in [2.45, 2.75) is 57.0 Å². The molecule has 1 heterocycles. The molecule has 0 aliphatic carbocycles. The van der Waals surface area contributed by atoms with Gasteiger partial charge in [-0.05, 0) is 49.1 Å². The van der Waals surface area contributed by atoms with Crippen molar-refractivity contribution < 1.29 is 13.2 Å². The largest absolute Gasteiger partial charge is 0.302 e. The quantitative estimate of drug-likeness (QED) is 0.356. The van der Waals surface area contributed by atoms with Gasteiger partial charge in [-0.2, -0.15) is 0 Å². The molecule has 1 N–H and O–H groups in total. The van der Waals surface area contributed by atoms with Gasteiger partial charge in [0.2, 0.25) is 10.0 Å². The zero-order valence-electron chi connectivity index (χ0n) is 19.8. The molecule has 3 aromatic rings.